The summed E-state index contributed by atoms with van der Waals surface area (Å²) >= 11 is 6.25. The maximum Gasteiger partial charge on any atom is 0.254 e. The molecule has 1 N–H and O–H groups in total. The maximum atomic E-state index is 12.5. The normalized spacial score (nSPS) is 17.4. The molecule has 122 valence electrons. The first-order valence-electron chi connectivity index (χ1n) is 7.92. The lowest BCUT2D eigenvalue weighted by Crippen LogP contribution is -2.32. The van der Waals surface area contributed by atoms with E-state index < -0.39 is 0 Å². The van der Waals surface area contributed by atoms with E-state index in [-0.39, 0.29) is 12.0 Å². The van der Waals surface area contributed by atoms with Crippen LogP contribution in [0.4, 0.5) is 0 Å². The van der Waals surface area contributed by atoms with Crippen LogP contribution in [0, 0.1) is 0 Å². The zero-order valence-electron chi connectivity index (χ0n) is 13.1. The number of para-hydroxylation sites is 1. The van der Waals surface area contributed by atoms with Gasteiger partial charge >= 0.3 is 0 Å². The van der Waals surface area contributed by atoms with Gasteiger partial charge in [-0.2, -0.15) is 5.10 Å². The molecule has 0 spiro atoms. The molecule has 0 saturated carbocycles. The number of hydrogen-bond donors (Lipinski definition) is 1. The molecule has 1 aromatic carbocycles. The minimum atomic E-state index is -0.115. The Hall–Kier alpha value is -1.85. The standard InChI is InChI=1S/C17H20ClN3O2/c1-2-15-13(17(22)19-10-12-6-5-9-23-12)11-20-21(15)16-8-4-3-7-14(16)18/h3-4,7-8,11-12H,2,5-6,9-10H2,1H3,(H,19,22). The van der Waals surface area contributed by atoms with Gasteiger partial charge in [0.2, 0.25) is 0 Å². The van der Waals surface area contributed by atoms with Crippen LogP contribution in [-0.4, -0.2) is 34.9 Å². The third kappa shape index (κ3) is 3.41. The Balaban J connectivity index is 1.80. The molecule has 1 saturated heterocycles. The van der Waals surface area contributed by atoms with Crippen molar-refractivity contribution in [1.82, 2.24) is 15.1 Å². The molecule has 0 bridgehead atoms. The van der Waals surface area contributed by atoms with Crippen LogP contribution in [0.2, 0.25) is 5.02 Å². The number of carbonyl (C=O) groups is 1. The summed E-state index contributed by atoms with van der Waals surface area (Å²) in [6.45, 7) is 3.33. The lowest BCUT2D eigenvalue weighted by atomic mass is 10.1. The monoisotopic (exact) mass is 333 g/mol. The van der Waals surface area contributed by atoms with E-state index in [1.54, 1.807) is 10.9 Å². The summed E-state index contributed by atoms with van der Waals surface area (Å²) in [5, 5.41) is 7.91. The van der Waals surface area contributed by atoms with Crippen molar-refractivity contribution < 1.29 is 9.53 Å². The summed E-state index contributed by atoms with van der Waals surface area (Å²) in [6.07, 6.45) is 4.48. The van der Waals surface area contributed by atoms with Crippen LogP contribution in [0.5, 0.6) is 0 Å². The highest BCUT2D eigenvalue weighted by Gasteiger charge is 2.20. The first kappa shape index (κ1) is 16.0. The van der Waals surface area contributed by atoms with E-state index in [0.29, 0.717) is 23.6 Å². The molecule has 1 fully saturated rings. The number of carbonyl (C=O) groups excluding carboxylic acids is 1. The molecule has 1 unspecified atom stereocenters. The Morgan fingerprint density at radius 3 is 3.00 bits per heavy atom. The second-order valence-corrected chi connectivity index (χ2v) is 5.97. The Labute approximate surface area is 140 Å². The number of amides is 1. The number of nitrogens with zero attached hydrogens (tertiary/aromatic N) is 2. The maximum absolute atomic E-state index is 12.5. The fourth-order valence-electron chi connectivity index (χ4n) is 2.84. The molecule has 1 atom stereocenters. The number of rotatable bonds is 5. The third-order valence-corrected chi connectivity index (χ3v) is 4.36. The van der Waals surface area contributed by atoms with Crippen molar-refractivity contribution >= 4 is 17.5 Å². The summed E-state index contributed by atoms with van der Waals surface area (Å²) < 4.78 is 7.27. The minimum absolute atomic E-state index is 0.115. The molecule has 5 nitrogen and oxygen atoms in total. The first-order valence-corrected chi connectivity index (χ1v) is 8.30. The van der Waals surface area contributed by atoms with Crippen molar-refractivity contribution in [3.05, 3.63) is 46.7 Å². The van der Waals surface area contributed by atoms with Crippen LogP contribution in [0.25, 0.3) is 5.69 Å². The van der Waals surface area contributed by atoms with Crippen LogP contribution < -0.4 is 5.32 Å². The van der Waals surface area contributed by atoms with Crippen LogP contribution in [-0.2, 0) is 11.2 Å². The average Bonchev–Trinajstić information content (AvgIpc) is 3.22. The molecule has 2 aromatic rings. The van der Waals surface area contributed by atoms with Crippen molar-refractivity contribution in [2.45, 2.75) is 32.3 Å². The Kier molecular flexibility index (Phi) is 4.98. The molecule has 1 aliphatic rings. The van der Waals surface area contributed by atoms with Gasteiger partial charge in [-0.15, -0.1) is 0 Å². The molecule has 3 rings (SSSR count). The SMILES string of the molecule is CCc1c(C(=O)NCC2CCCO2)cnn1-c1ccccc1Cl. The van der Waals surface area contributed by atoms with Gasteiger partial charge in [-0.25, -0.2) is 4.68 Å². The van der Waals surface area contributed by atoms with E-state index in [0.717, 1.165) is 30.8 Å². The van der Waals surface area contributed by atoms with Gasteiger partial charge in [-0.3, -0.25) is 4.79 Å². The third-order valence-electron chi connectivity index (χ3n) is 4.04. The number of ether oxygens (including phenoxy) is 1. The van der Waals surface area contributed by atoms with Crippen molar-refractivity contribution in [3.8, 4) is 5.69 Å². The highest BCUT2D eigenvalue weighted by atomic mass is 35.5. The van der Waals surface area contributed by atoms with E-state index in [2.05, 4.69) is 10.4 Å². The summed E-state index contributed by atoms with van der Waals surface area (Å²) in [5.74, 6) is -0.115. The smallest absolute Gasteiger partial charge is 0.254 e. The molecule has 0 radical (unpaired) electrons. The fraction of sp³-hybridized carbons (Fsp3) is 0.412. The number of aromatic nitrogens is 2. The van der Waals surface area contributed by atoms with Gasteiger partial charge in [0.25, 0.3) is 5.91 Å². The zero-order valence-corrected chi connectivity index (χ0v) is 13.8. The van der Waals surface area contributed by atoms with E-state index in [4.69, 9.17) is 16.3 Å². The second-order valence-electron chi connectivity index (χ2n) is 5.57. The molecule has 6 heteroatoms. The lowest BCUT2D eigenvalue weighted by Gasteiger charge is -2.12. The number of halogens is 1. The van der Waals surface area contributed by atoms with E-state index in [1.807, 2.05) is 31.2 Å². The van der Waals surface area contributed by atoms with Crippen molar-refractivity contribution in [2.75, 3.05) is 13.2 Å². The largest absolute Gasteiger partial charge is 0.376 e. The molecular weight excluding hydrogens is 314 g/mol. The van der Waals surface area contributed by atoms with Crippen LogP contribution in [0.15, 0.2) is 30.5 Å². The molecule has 1 aromatic heterocycles. The quantitative estimate of drug-likeness (QED) is 0.915. The molecule has 1 amide bonds. The first-order chi connectivity index (χ1) is 11.2. The number of hydrogen-bond acceptors (Lipinski definition) is 3. The van der Waals surface area contributed by atoms with Gasteiger partial charge in [-0.05, 0) is 31.4 Å². The van der Waals surface area contributed by atoms with Gasteiger partial charge in [0.15, 0.2) is 0 Å². The topological polar surface area (TPSA) is 56.1 Å². The van der Waals surface area contributed by atoms with Crippen LogP contribution in [0.1, 0.15) is 35.8 Å². The van der Waals surface area contributed by atoms with Gasteiger partial charge in [0.1, 0.15) is 0 Å². The van der Waals surface area contributed by atoms with Crippen molar-refractivity contribution in [2.24, 2.45) is 0 Å². The van der Waals surface area contributed by atoms with E-state index >= 15 is 0 Å². The van der Waals surface area contributed by atoms with Crippen LogP contribution >= 0.6 is 11.6 Å². The predicted octanol–water partition coefficient (Wildman–Crippen LogP) is 3.00. The van der Waals surface area contributed by atoms with E-state index in [9.17, 15) is 4.79 Å². The minimum Gasteiger partial charge on any atom is -0.376 e. The molecule has 23 heavy (non-hydrogen) atoms. The number of benzene rings is 1. The number of nitrogens with one attached hydrogen (secondary N) is 1. The highest BCUT2D eigenvalue weighted by Crippen LogP contribution is 2.23. The van der Waals surface area contributed by atoms with Gasteiger partial charge in [-0.1, -0.05) is 30.7 Å². The Morgan fingerprint density at radius 1 is 1.48 bits per heavy atom. The molecule has 2 heterocycles. The Bertz CT molecular complexity index is 693. The Morgan fingerprint density at radius 2 is 2.30 bits per heavy atom. The molecular formula is C17H20ClN3O2. The summed E-state index contributed by atoms with van der Waals surface area (Å²) in [6, 6.07) is 7.48. The van der Waals surface area contributed by atoms with Gasteiger partial charge in [0.05, 0.1) is 34.3 Å². The summed E-state index contributed by atoms with van der Waals surface area (Å²) in [5.41, 5.74) is 2.22. The van der Waals surface area contributed by atoms with Crippen LogP contribution in [0.3, 0.4) is 0 Å². The molecule has 0 aliphatic carbocycles. The highest BCUT2D eigenvalue weighted by molar-refractivity contribution is 6.32. The summed E-state index contributed by atoms with van der Waals surface area (Å²) in [7, 11) is 0. The molecule has 1 aliphatic heterocycles. The average molecular weight is 334 g/mol. The predicted molar refractivity (Wildman–Crippen MR) is 89.3 cm³/mol. The summed E-state index contributed by atoms with van der Waals surface area (Å²) in [4.78, 5) is 12.5. The second kappa shape index (κ2) is 7.15. The van der Waals surface area contributed by atoms with Gasteiger partial charge < -0.3 is 10.1 Å². The fourth-order valence-corrected chi connectivity index (χ4v) is 3.06. The lowest BCUT2D eigenvalue weighted by molar-refractivity contribution is 0.0857. The van der Waals surface area contributed by atoms with Crippen molar-refractivity contribution in [1.29, 1.82) is 0 Å². The van der Waals surface area contributed by atoms with E-state index in [1.165, 1.54) is 0 Å². The van der Waals surface area contributed by atoms with Crippen molar-refractivity contribution in [3.63, 3.8) is 0 Å². The van der Waals surface area contributed by atoms with Gasteiger partial charge in [0, 0.05) is 13.2 Å². The zero-order chi connectivity index (χ0) is 16.2.